The number of halogens is 5. The Balaban J connectivity index is 2.22. The first-order valence-corrected chi connectivity index (χ1v) is 6.33. The number of hydrogen-bond acceptors (Lipinski definition) is 3. The molecule has 0 unspecified atom stereocenters. The monoisotopic (exact) mass is 390 g/mol. The van der Waals surface area contributed by atoms with Gasteiger partial charge in [0.05, 0.1) is 18.3 Å². The molecule has 18 heavy (non-hydrogen) atoms. The van der Waals surface area contributed by atoms with Gasteiger partial charge >= 0.3 is 6.18 Å². The van der Waals surface area contributed by atoms with Gasteiger partial charge in [-0.15, -0.1) is 0 Å². The van der Waals surface area contributed by atoms with Crippen molar-refractivity contribution in [3.8, 4) is 0 Å². The first kappa shape index (κ1) is 13.7. The Morgan fingerprint density at radius 3 is 2.83 bits per heavy atom. The van der Waals surface area contributed by atoms with E-state index in [-0.39, 0.29) is 11.7 Å². The van der Waals surface area contributed by atoms with Crippen molar-refractivity contribution in [1.82, 2.24) is 14.6 Å². The van der Waals surface area contributed by atoms with E-state index in [1.54, 1.807) is 6.20 Å². The van der Waals surface area contributed by atoms with Crippen LogP contribution in [0.25, 0.3) is 5.65 Å². The minimum absolute atomic E-state index is 0.188. The van der Waals surface area contributed by atoms with Crippen LogP contribution in [0.4, 0.5) is 18.9 Å². The topological polar surface area (TPSA) is 42.2 Å². The maximum absolute atomic E-state index is 12.1. The van der Waals surface area contributed by atoms with Crippen molar-refractivity contribution in [3.63, 3.8) is 0 Å². The summed E-state index contributed by atoms with van der Waals surface area (Å²) in [6, 6.07) is 1.45. The third-order valence-corrected chi connectivity index (χ3v) is 3.04. The molecule has 0 radical (unpaired) electrons. The number of nitrogens with one attached hydrogen (secondary N) is 1. The van der Waals surface area contributed by atoms with Crippen molar-refractivity contribution in [3.05, 3.63) is 21.1 Å². The Morgan fingerprint density at radius 1 is 1.44 bits per heavy atom. The molecule has 0 aliphatic carbocycles. The van der Waals surface area contributed by atoms with Gasteiger partial charge < -0.3 is 5.32 Å². The molecule has 1 N–H and O–H groups in total. The van der Waals surface area contributed by atoms with E-state index >= 15 is 0 Å². The predicted octanol–water partition coefficient (Wildman–Crippen LogP) is 3.35. The molecule has 0 amide bonds. The van der Waals surface area contributed by atoms with Gasteiger partial charge in [0.1, 0.15) is 3.70 Å². The molecule has 4 nitrogen and oxygen atoms in total. The van der Waals surface area contributed by atoms with Crippen molar-refractivity contribution in [2.45, 2.75) is 12.6 Å². The van der Waals surface area contributed by atoms with Crippen molar-refractivity contribution >= 4 is 45.5 Å². The summed E-state index contributed by atoms with van der Waals surface area (Å²) in [5.41, 5.74) is 0.883. The fraction of sp³-hybridized carbons (Fsp3) is 0.333. The summed E-state index contributed by atoms with van der Waals surface area (Å²) < 4.78 is 38.4. The Bertz CT molecular complexity index is 569. The zero-order chi connectivity index (χ0) is 13.3. The maximum Gasteiger partial charge on any atom is 0.390 e. The largest absolute Gasteiger partial charge is 0.390 e. The number of aromatic nitrogens is 3. The summed E-state index contributed by atoms with van der Waals surface area (Å²) in [6.07, 6.45) is -3.55. The number of alkyl halides is 3. The number of nitrogens with zero attached hydrogens (tertiary/aromatic N) is 3. The van der Waals surface area contributed by atoms with Crippen molar-refractivity contribution in [1.29, 1.82) is 0 Å². The van der Waals surface area contributed by atoms with E-state index in [1.165, 1.54) is 10.6 Å². The lowest BCUT2D eigenvalue weighted by molar-refractivity contribution is -0.131. The number of imidazole rings is 1. The minimum atomic E-state index is -4.19. The van der Waals surface area contributed by atoms with E-state index in [4.69, 9.17) is 11.6 Å². The first-order chi connectivity index (χ1) is 8.37. The second kappa shape index (κ2) is 5.08. The standard InChI is InChI=1S/C9H7ClF3IN4/c10-6-3-5(15-2-1-9(11,12)13)8-16-4-7(14)18(8)17-6/h3-4,15H,1-2H2. The van der Waals surface area contributed by atoms with Crippen molar-refractivity contribution in [2.24, 2.45) is 0 Å². The van der Waals surface area contributed by atoms with Crippen LogP contribution < -0.4 is 5.32 Å². The molecule has 9 heteroatoms. The van der Waals surface area contributed by atoms with Crippen LogP contribution in [-0.4, -0.2) is 27.3 Å². The van der Waals surface area contributed by atoms with Crippen LogP contribution in [0.2, 0.25) is 5.15 Å². The number of hydrogen-bond donors (Lipinski definition) is 1. The third kappa shape index (κ3) is 3.16. The van der Waals surface area contributed by atoms with Crippen LogP contribution in [0.1, 0.15) is 6.42 Å². The highest BCUT2D eigenvalue weighted by Crippen LogP contribution is 2.23. The highest BCUT2D eigenvalue weighted by molar-refractivity contribution is 14.1. The molecule has 0 aromatic carbocycles. The summed E-state index contributed by atoms with van der Waals surface area (Å²) in [4.78, 5) is 4.06. The van der Waals surface area contributed by atoms with Crippen LogP contribution >= 0.6 is 34.2 Å². The molecule has 0 saturated carbocycles. The van der Waals surface area contributed by atoms with Crippen molar-refractivity contribution < 1.29 is 13.2 Å². The van der Waals surface area contributed by atoms with Crippen LogP contribution in [0.15, 0.2) is 12.3 Å². The number of anilines is 1. The van der Waals surface area contributed by atoms with Gasteiger partial charge in [-0.3, -0.25) is 0 Å². The molecule has 0 aliphatic rings. The quantitative estimate of drug-likeness (QED) is 0.818. The molecule has 0 spiro atoms. The maximum atomic E-state index is 12.1. The highest BCUT2D eigenvalue weighted by Gasteiger charge is 2.26. The Kier molecular flexibility index (Phi) is 3.85. The lowest BCUT2D eigenvalue weighted by Gasteiger charge is -2.09. The fourth-order valence-corrected chi connectivity index (χ4v) is 2.04. The molecule has 0 aliphatic heterocycles. The average Bonchev–Trinajstić information content (AvgIpc) is 2.59. The Morgan fingerprint density at radius 2 is 2.17 bits per heavy atom. The van der Waals surface area contributed by atoms with Gasteiger partial charge in [-0.25, -0.2) is 9.50 Å². The molecule has 2 aromatic rings. The van der Waals surface area contributed by atoms with E-state index in [1.807, 2.05) is 22.6 Å². The minimum Gasteiger partial charge on any atom is -0.382 e. The van der Waals surface area contributed by atoms with Crippen LogP contribution in [0, 0.1) is 3.70 Å². The Labute approximate surface area is 119 Å². The zero-order valence-electron chi connectivity index (χ0n) is 8.80. The van der Waals surface area contributed by atoms with Gasteiger partial charge in [-0.2, -0.15) is 18.3 Å². The fourth-order valence-electron chi connectivity index (χ4n) is 1.38. The van der Waals surface area contributed by atoms with Gasteiger partial charge in [0.2, 0.25) is 0 Å². The molecule has 0 saturated heterocycles. The third-order valence-electron chi connectivity index (χ3n) is 2.12. The highest BCUT2D eigenvalue weighted by atomic mass is 127. The molecule has 2 heterocycles. The van der Waals surface area contributed by atoms with Gasteiger partial charge in [0, 0.05) is 12.6 Å². The van der Waals surface area contributed by atoms with Crippen molar-refractivity contribution in [2.75, 3.05) is 11.9 Å². The predicted molar refractivity (Wildman–Crippen MR) is 69.9 cm³/mol. The molecule has 2 rings (SSSR count). The summed E-state index contributed by atoms with van der Waals surface area (Å²) in [5.74, 6) is 0. The van der Waals surface area contributed by atoms with Gasteiger partial charge in [0.25, 0.3) is 0 Å². The van der Waals surface area contributed by atoms with Crippen LogP contribution in [0.5, 0.6) is 0 Å². The molecule has 0 atom stereocenters. The normalized spacial score (nSPS) is 12.1. The van der Waals surface area contributed by atoms with E-state index in [2.05, 4.69) is 15.4 Å². The summed E-state index contributed by atoms with van der Waals surface area (Å²) in [7, 11) is 0. The molecule has 0 bridgehead atoms. The van der Waals surface area contributed by atoms with E-state index in [0.29, 0.717) is 11.3 Å². The van der Waals surface area contributed by atoms with E-state index < -0.39 is 12.6 Å². The van der Waals surface area contributed by atoms with Gasteiger partial charge in [-0.05, 0) is 22.6 Å². The first-order valence-electron chi connectivity index (χ1n) is 4.87. The van der Waals surface area contributed by atoms with Gasteiger partial charge in [-0.1, -0.05) is 11.6 Å². The van der Waals surface area contributed by atoms with Gasteiger partial charge in [0.15, 0.2) is 10.8 Å². The molecular weight excluding hydrogens is 383 g/mol. The molecule has 2 aromatic heterocycles. The smallest absolute Gasteiger partial charge is 0.382 e. The summed E-state index contributed by atoms with van der Waals surface area (Å²) >= 11 is 7.81. The SMILES string of the molecule is FC(F)(F)CCNc1cc(Cl)nn2c(I)cnc12. The molecule has 98 valence electrons. The number of rotatable bonds is 3. The molecule has 0 fully saturated rings. The van der Waals surface area contributed by atoms with Crippen LogP contribution in [0.3, 0.4) is 0 Å². The zero-order valence-corrected chi connectivity index (χ0v) is 11.7. The molecular formula is C9H7ClF3IN4. The lowest BCUT2D eigenvalue weighted by atomic mass is 10.4. The van der Waals surface area contributed by atoms with Crippen LogP contribution in [-0.2, 0) is 0 Å². The van der Waals surface area contributed by atoms with E-state index in [9.17, 15) is 13.2 Å². The Hall–Kier alpha value is -0.770. The second-order valence-corrected chi connectivity index (χ2v) is 4.98. The summed E-state index contributed by atoms with van der Waals surface area (Å²) in [6.45, 7) is -0.233. The van der Waals surface area contributed by atoms with E-state index in [0.717, 1.165) is 3.70 Å². The lowest BCUT2D eigenvalue weighted by Crippen LogP contribution is -2.15. The summed E-state index contributed by atoms with van der Waals surface area (Å²) in [5, 5.41) is 6.86. The number of fused-ring (bicyclic) bond motifs is 1. The average molecular weight is 391 g/mol. The second-order valence-electron chi connectivity index (χ2n) is 3.49.